The van der Waals surface area contributed by atoms with Gasteiger partial charge in [0.2, 0.25) is 5.91 Å². The van der Waals surface area contributed by atoms with Crippen LogP contribution in [0.3, 0.4) is 0 Å². The minimum atomic E-state index is 0.0815. The molecular formula is C17H27NOS. The Kier molecular flexibility index (Phi) is 10.0. The van der Waals surface area contributed by atoms with E-state index in [4.69, 9.17) is 6.42 Å². The molecule has 112 valence electrons. The lowest BCUT2D eigenvalue weighted by Gasteiger charge is -2.18. The second-order valence-electron chi connectivity index (χ2n) is 5.27. The van der Waals surface area contributed by atoms with Crippen LogP contribution in [0.5, 0.6) is 0 Å². The monoisotopic (exact) mass is 293 g/mol. The first-order chi connectivity index (χ1) is 9.44. The van der Waals surface area contributed by atoms with E-state index in [1.807, 2.05) is 19.3 Å². The van der Waals surface area contributed by atoms with Crippen LogP contribution >= 0.6 is 11.8 Å². The van der Waals surface area contributed by atoms with Crippen molar-refractivity contribution in [2.45, 2.75) is 53.0 Å². The molecule has 0 aromatic rings. The van der Waals surface area contributed by atoms with Gasteiger partial charge in [-0.25, -0.2) is 0 Å². The van der Waals surface area contributed by atoms with E-state index in [0.29, 0.717) is 12.3 Å². The molecule has 0 aliphatic rings. The number of carbonyl (C=O) groups excluding carboxylic acids is 1. The molecule has 0 spiro atoms. The van der Waals surface area contributed by atoms with Crippen molar-refractivity contribution < 1.29 is 4.79 Å². The fraction of sp³-hybridized carbons (Fsp3) is 0.588. The predicted octanol–water partition coefficient (Wildman–Crippen LogP) is 4.14. The van der Waals surface area contributed by atoms with Crippen LogP contribution in [0.4, 0.5) is 0 Å². The fourth-order valence-corrected chi connectivity index (χ4v) is 2.53. The Morgan fingerprint density at radius 3 is 2.55 bits per heavy atom. The number of terminal acetylenes is 1. The second kappa shape index (κ2) is 10.6. The third kappa shape index (κ3) is 8.12. The third-order valence-corrected chi connectivity index (χ3v) is 3.91. The molecule has 2 nitrogen and oxygen atoms in total. The lowest BCUT2D eigenvalue weighted by molar-refractivity contribution is -0.121. The summed E-state index contributed by atoms with van der Waals surface area (Å²) in [5.41, 5.74) is 1.06. The third-order valence-electron chi connectivity index (χ3n) is 3.03. The maximum atomic E-state index is 11.9. The van der Waals surface area contributed by atoms with Gasteiger partial charge in [0.25, 0.3) is 0 Å². The van der Waals surface area contributed by atoms with Gasteiger partial charge in [0.05, 0.1) is 0 Å². The van der Waals surface area contributed by atoms with Gasteiger partial charge in [-0.1, -0.05) is 32.8 Å². The summed E-state index contributed by atoms with van der Waals surface area (Å²) in [5, 5.41) is 3.09. The van der Waals surface area contributed by atoms with Crippen molar-refractivity contribution in [1.82, 2.24) is 5.32 Å². The van der Waals surface area contributed by atoms with Gasteiger partial charge in [0.15, 0.2) is 0 Å². The summed E-state index contributed by atoms with van der Waals surface area (Å²) < 4.78 is 0. The maximum Gasteiger partial charge on any atom is 0.224 e. The van der Waals surface area contributed by atoms with E-state index in [9.17, 15) is 4.79 Å². The van der Waals surface area contributed by atoms with Crippen LogP contribution in [-0.4, -0.2) is 18.2 Å². The van der Waals surface area contributed by atoms with Crippen LogP contribution in [0.2, 0.25) is 0 Å². The number of nitrogens with one attached hydrogen (secondary N) is 1. The van der Waals surface area contributed by atoms with Crippen molar-refractivity contribution in [3.8, 4) is 12.3 Å². The minimum Gasteiger partial charge on any atom is -0.353 e. The van der Waals surface area contributed by atoms with Crippen LogP contribution in [0.1, 0.15) is 47.0 Å². The van der Waals surface area contributed by atoms with Gasteiger partial charge < -0.3 is 5.32 Å². The Morgan fingerprint density at radius 1 is 1.45 bits per heavy atom. The van der Waals surface area contributed by atoms with E-state index in [-0.39, 0.29) is 11.9 Å². The van der Waals surface area contributed by atoms with E-state index < -0.39 is 0 Å². The number of hydrogen-bond donors (Lipinski definition) is 1. The zero-order valence-corrected chi connectivity index (χ0v) is 14.1. The van der Waals surface area contributed by atoms with Crippen molar-refractivity contribution in [2.24, 2.45) is 5.92 Å². The number of thioether (sulfide) groups is 1. The Hall–Kier alpha value is -1.14. The summed E-state index contributed by atoms with van der Waals surface area (Å²) in [5.74, 6) is 3.20. The summed E-state index contributed by atoms with van der Waals surface area (Å²) in [7, 11) is 0. The largest absolute Gasteiger partial charge is 0.353 e. The Morgan fingerprint density at radius 2 is 2.10 bits per heavy atom. The highest BCUT2D eigenvalue weighted by molar-refractivity contribution is 8.02. The van der Waals surface area contributed by atoms with E-state index in [1.54, 1.807) is 17.8 Å². The van der Waals surface area contributed by atoms with E-state index >= 15 is 0 Å². The lowest BCUT2D eigenvalue weighted by atomic mass is 10.0. The number of allylic oxidation sites excluding steroid dienone is 2. The second-order valence-corrected chi connectivity index (χ2v) is 6.12. The molecule has 3 heteroatoms. The van der Waals surface area contributed by atoms with Crippen LogP contribution in [-0.2, 0) is 4.79 Å². The molecule has 1 atom stereocenters. The highest BCUT2D eigenvalue weighted by atomic mass is 32.2. The zero-order chi connectivity index (χ0) is 15.5. The summed E-state index contributed by atoms with van der Waals surface area (Å²) in [4.78, 5) is 13.0. The molecule has 0 unspecified atom stereocenters. The molecule has 0 aromatic heterocycles. The molecule has 0 aliphatic carbocycles. The van der Waals surface area contributed by atoms with E-state index in [1.165, 1.54) is 0 Å². The molecule has 1 N–H and O–H groups in total. The van der Waals surface area contributed by atoms with Gasteiger partial charge in [-0.2, -0.15) is 0 Å². The van der Waals surface area contributed by atoms with Gasteiger partial charge in [-0.3, -0.25) is 4.79 Å². The zero-order valence-electron chi connectivity index (χ0n) is 13.3. The van der Waals surface area contributed by atoms with Gasteiger partial charge in [-0.05, 0) is 37.5 Å². The number of rotatable bonds is 8. The first kappa shape index (κ1) is 18.9. The highest BCUT2D eigenvalue weighted by Gasteiger charge is 2.11. The van der Waals surface area contributed by atoms with Gasteiger partial charge in [0.1, 0.15) is 0 Å². The Labute approximate surface area is 128 Å². The number of amides is 1. The van der Waals surface area contributed by atoms with E-state index in [0.717, 1.165) is 23.3 Å². The molecule has 0 bridgehead atoms. The molecule has 0 rings (SSSR count). The number of hydrogen-bond acceptors (Lipinski definition) is 2. The molecule has 0 saturated carbocycles. The molecule has 0 saturated heterocycles. The van der Waals surface area contributed by atoms with Crippen molar-refractivity contribution in [1.29, 1.82) is 0 Å². The van der Waals surface area contributed by atoms with Crippen molar-refractivity contribution in [3.63, 3.8) is 0 Å². The Bertz CT molecular complexity index is 402. The first-order valence-corrected chi connectivity index (χ1v) is 8.33. The lowest BCUT2D eigenvalue weighted by Crippen LogP contribution is -2.34. The summed E-state index contributed by atoms with van der Waals surface area (Å²) >= 11 is 1.60. The SMILES string of the molecule is C#C/C=C(SC)\C(C)=C/CC(=O)N[C@@H](CC)CC(C)C. The molecule has 1 amide bonds. The average molecular weight is 293 g/mol. The van der Waals surface area contributed by atoms with Crippen LogP contribution in [0.25, 0.3) is 0 Å². The molecule has 20 heavy (non-hydrogen) atoms. The molecule has 0 fully saturated rings. The maximum absolute atomic E-state index is 11.9. The highest BCUT2D eigenvalue weighted by Crippen LogP contribution is 2.21. The quantitative estimate of drug-likeness (QED) is 0.538. The summed E-state index contributed by atoms with van der Waals surface area (Å²) in [6.45, 7) is 8.44. The molecule has 0 radical (unpaired) electrons. The van der Waals surface area contributed by atoms with E-state index in [2.05, 4.69) is 32.0 Å². The smallest absolute Gasteiger partial charge is 0.224 e. The predicted molar refractivity (Wildman–Crippen MR) is 90.5 cm³/mol. The molecule has 0 aliphatic heterocycles. The van der Waals surface area contributed by atoms with Crippen molar-refractivity contribution in [3.05, 3.63) is 22.6 Å². The van der Waals surface area contributed by atoms with Gasteiger partial charge >= 0.3 is 0 Å². The average Bonchev–Trinajstić information content (AvgIpc) is 2.40. The van der Waals surface area contributed by atoms with Crippen molar-refractivity contribution in [2.75, 3.05) is 6.26 Å². The summed E-state index contributed by atoms with van der Waals surface area (Å²) in [6, 6.07) is 0.275. The Balaban J connectivity index is 4.47. The standard InChI is InChI=1S/C17H27NOS/c1-7-9-16(20-6)14(5)10-11-17(19)18-15(8-2)12-13(3)4/h1,9-10,13,15H,8,11-12H2,2-6H3,(H,18,19)/b14-10-,16-9+/t15-/m0/s1. The molecule has 0 heterocycles. The van der Waals surface area contributed by atoms with Gasteiger partial charge in [0, 0.05) is 23.4 Å². The van der Waals surface area contributed by atoms with Gasteiger partial charge in [-0.15, -0.1) is 18.2 Å². The number of carbonyl (C=O) groups is 1. The van der Waals surface area contributed by atoms with Crippen LogP contribution in [0.15, 0.2) is 22.6 Å². The summed E-state index contributed by atoms with van der Waals surface area (Å²) in [6.07, 6.45) is 13.3. The normalized spacial score (nSPS) is 14.1. The first-order valence-electron chi connectivity index (χ1n) is 7.11. The molecular weight excluding hydrogens is 266 g/mol. The minimum absolute atomic E-state index is 0.0815. The van der Waals surface area contributed by atoms with Crippen molar-refractivity contribution >= 4 is 17.7 Å². The fourth-order valence-electron chi connectivity index (χ4n) is 1.94. The van der Waals surface area contributed by atoms with Crippen LogP contribution in [0, 0.1) is 18.3 Å². The van der Waals surface area contributed by atoms with Crippen LogP contribution < -0.4 is 5.32 Å². The molecule has 0 aromatic carbocycles. The topological polar surface area (TPSA) is 29.1 Å².